The molecule has 2 rings (SSSR count). The van der Waals surface area contributed by atoms with Crippen LogP contribution in [0.15, 0.2) is 30.7 Å². The van der Waals surface area contributed by atoms with Crippen molar-refractivity contribution in [2.75, 3.05) is 11.9 Å². The Morgan fingerprint density at radius 1 is 1.39 bits per heavy atom. The second-order valence-electron chi connectivity index (χ2n) is 4.50. The summed E-state index contributed by atoms with van der Waals surface area (Å²) < 4.78 is 1.79. The molecule has 1 atom stereocenters. The van der Waals surface area contributed by atoms with Gasteiger partial charge in [-0.25, -0.2) is 0 Å². The molecule has 96 valence electrons. The SMILES string of the molecule is C[C@H](O)c1ccc(N(C)Cc2cnn(C)c2)cn1. The van der Waals surface area contributed by atoms with E-state index in [9.17, 15) is 5.11 Å². The van der Waals surface area contributed by atoms with Crippen molar-refractivity contribution in [3.63, 3.8) is 0 Å². The van der Waals surface area contributed by atoms with E-state index < -0.39 is 6.10 Å². The molecule has 2 heterocycles. The number of aliphatic hydroxyl groups excluding tert-OH is 1. The van der Waals surface area contributed by atoms with Gasteiger partial charge in [0.25, 0.3) is 0 Å². The van der Waals surface area contributed by atoms with Crippen molar-refractivity contribution < 1.29 is 5.11 Å². The largest absolute Gasteiger partial charge is 0.387 e. The fourth-order valence-corrected chi connectivity index (χ4v) is 1.79. The smallest absolute Gasteiger partial charge is 0.0931 e. The Labute approximate surface area is 107 Å². The van der Waals surface area contributed by atoms with E-state index in [0.717, 1.165) is 17.8 Å². The molecule has 0 aromatic carbocycles. The summed E-state index contributed by atoms with van der Waals surface area (Å²) in [7, 11) is 3.91. The van der Waals surface area contributed by atoms with E-state index in [1.165, 1.54) is 0 Å². The van der Waals surface area contributed by atoms with Gasteiger partial charge < -0.3 is 10.0 Å². The van der Waals surface area contributed by atoms with E-state index >= 15 is 0 Å². The Hall–Kier alpha value is -1.88. The number of hydrogen-bond donors (Lipinski definition) is 1. The van der Waals surface area contributed by atoms with Gasteiger partial charge in [0.15, 0.2) is 0 Å². The average Bonchev–Trinajstić information content (AvgIpc) is 2.75. The van der Waals surface area contributed by atoms with Crippen LogP contribution in [-0.2, 0) is 13.6 Å². The van der Waals surface area contributed by atoms with E-state index in [2.05, 4.69) is 15.0 Å². The van der Waals surface area contributed by atoms with Gasteiger partial charge in [-0.3, -0.25) is 9.67 Å². The van der Waals surface area contributed by atoms with Gasteiger partial charge in [-0.05, 0) is 19.1 Å². The number of rotatable bonds is 4. The quantitative estimate of drug-likeness (QED) is 0.888. The summed E-state index contributed by atoms with van der Waals surface area (Å²) in [5, 5.41) is 13.5. The number of hydrogen-bond acceptors (Lipinski definition) is 4. The molecule has 0 saturated carbocycles. The van der Waals surface area contributed by atoms with Crippen molar-refractivity contribution in [2.45, 2.75) is 19.6 Å². The summed E-state index contributed by atoms with van der Waals surface area (Å²) >= 11 is 0. The van der Waals surface area contributed by atoms with Crippen LogP contribution >= 0.6 is 0 Å². The Balaban J connectivity index is 2.06. The van der Waals surface area contributed by atoms with E-state index in [1.807, 2.05) is 38.6 Å². The number of aryl methyl sites for hydroxylation is 1. The van der Waals surface area contributed by atoms with Crippen molar-refractivity contribution in [1.29, 1.82) is 0 Å². The zero-order valence-corrected chi connectivity index (χ0v) is 10.9. The summed E-state index contributed by atoms with van der Waals surface area (Å²) in [5.74, 6) is 0. The van der Waals surface area contributed by atoms with Crippen molar-refractivity contribution in [2.24, 2.45) is 7.05 Å². The molecule has 2 aromatic heterocycles. The highest BCUT2D eigenvalue weighted by Crippen LogP contribution is 2.16. The van der Waals surface area contributed by atoms with Gasteiger partial charge in [0.2, 0.25) is 0 Å². The third-order valence-corrected chi connectivity index (χ3v) is 2.82. The van der Waals surface area contributed by atoms with Crippen LogP contribution in [0.25, 0.3) is 0 Å². The highest BCUT2D eigenvalue weighted by Gasteiger charge is 2.06. The molecule has 5 nitrogen and oxygen atoms in total. The fourth-order valence-electron chi connectivity index (χ4n) is 1.79. The van der Waals surface area contributed by atoms with Gasteiger partial charge in [0, 0.05) is 32.4 Å². The molecule has 0 aliphatic carbocycles. The van der Waals surface area contributed by atoms with Crippen LogP contribution in [0.3, 0.4) is 0 Å². The highest BCUT2D eigenvalue weighted by atomic mass is 16.3. The Kier molecular flexibility index (Phi) is 3.62. The molecule has 0 bridgehead atoms. The van der Waals surface area contributed by atoms with Gasteiger partial charge in [-0.15, -0.1) is 0 Å². The zero-order chi connectivity index (χ0) is 13.1. The normalized spacial score (nSPS) is 12.4. The lowest BCUT2D eigenvalue weighted by atomic mass is 10.2. The lowest BCUT2D eigenvalue weighted by molar-refractivity contribution is 0.194. The number of aliphatic hydroxyl groups is 1. The third kappa shape index (κ3) is 2.87. The average molecular weight is 246 g/mol. The predicted octanol–water partition coefficient (Wildman–Crippen LogP) is 1.50. The molecule has 2 aromatic rings. The number of aromatic nitrogens is 3. The molecule has 0 saturated heterocycles. The number of anilines is 1. The summed E-state index contributed by atoms with van der Waals surface area (Å²) in [6.07, 6.45) is 5.10. The highest BCUT2D eigenvalue weighted by molar-refractivity contribution is 5.44. The van der Waals surface area contributed by atoms with Gasteiger partial charge in [0.1, 0.15) is 0 Å². The van der Waals surface area contributed by atoms with Crippen LogP contribution in [0.4, 0.5) is 5.69 Å². The maximum atomic E-state index is 9.40. The minimum Gasteiger partial charge on any atom is -0.387 e. The van der Waals surface area contributed by atoms with Crippen LogP contribution in [0.1, 0.15) is 24.3 Å². The van der Waals surface area contributed by atoms with Gasteiger partial charge in [-0.1, -0.05) is 0 Å². The predicted molar refractivity (Wildman–Crippen MR) is 70.2 cm³/mol. The van der Waals surface area contributed by atoms with Crippen molar-refractivity contribution >= 4 is 5.69 Å². The molecule has 0 amide bonds. The molecule has 5 heteroatoms. The van der Waals surface area contributed by atoms with Gasteiger partial charge in [0.05, 0.1) is 29.9 Å². The molecule has 0 spiro atoms. The van der Waals surface area contributed by atoms with Crippen LogP contribution in [0.5, 0.6) is 0 Å². The van der Waals surface area contributed by atoms with Crippen molar-refractivity contribution in [1.82, 2.24) is 14.8 Å². The standard InChI is InChI=1S/C13H18N4O/c1-10(18)13-5-4-12(7-14-13)16(2)8-11-6-15-17(3)9-11/h4-7,9-10,18H,8H2,1-3H3/t10-/m0/s1. The van der Waals surface area contributed by atoms with Crippen LogP contribution in [0, 0.1) is 0 Å². The molecular formula is C13H18N4O. The van der Waals surface area contributed by atoms with Crippen molar-refractivity contribution in [3.05, 3.63) is 42.0 Å². The monoisotopic (exact) mass is 246 g/mol. The lowest BCUT2D eigenvalue weighted by Gasteiger charge is -2.18. The van der Waals surface area contributed by atoms with Crippen LogP contribution in [-0.4, -0.2) is 26.9 Å². The maximum absolute atomic E-state index is 9.40. The summed E-state index contributed by atoms with van der Waals surface area (Å²) in [5.41, 5.74) is 2.86. The van der Waals surface area contributed by atoms with E-state index in [4.69, 9.17) is 0 Å². The second-order valence-corrected chi connectivity index (χ2v) is 4.50. The summed E-state index contributed by atoms with van der Waals surface area (Å²) in [6.45, 7) is 2.49. The minimum absolute atomic E-state index is 0.525. The van der Waals surface area contributed by atoms with E-state index in [-0.39, 0.29) is 0 Å². The molecular weight excluding hydrogens is 228 g/mol. The molecule has 0 aliphatic heterocycles. The molecule has 0 aliphatic rings. The maximum Gasteiger partial charge on any atom is 0.0931 e. The fraction of sp³-hybridized carbons (Fsp3) is 0.385. The van der Waals surface area contributed by atoms with Gasteiger partial charge >= 0.3 is 0 Å². The van der Waals surface area contributed by atoms with E-state index in [1.54, 1.807) is 17.8 Å². The summed E-state index contributed by atoms with van der Waals surface area (Å²) in [6, 6.07) is 3.81. The second kappa shape index (κ2) is 5.18. The molecule has 1 N–H and O–H groups in total. The Morgan fingerprint density at radius 3 is 2.67 bits per heavy atom. The first kappa shape index (κ1) is 12.6. The molecule has 0 fully saturated rings. The van der Waals surface area contributed by atoms with Gasteiger partial charge in [-0.2, -0.15) is 5.10 Å². The van der Waals surface area contributed by atoms with Crippen LogP contribution in [0.2, 0.25) is 0 Å². The minimum atomic E-state index is -0.525. The molecule has 18 heavy (non-hydrogen) atoms. The Bertz CT molecular complexity index is 504. The first-order valence-electron chi connectivity index (χ1n) is 5.89. The van der Waals surface area contributed by atoms with Crippen LogP contribution < -0.4 is 4.90 Å². The van der Waals surface area contributed by atoms with E-state index in [0.29, 0.717) is 5.69 Å². The zero-order valence-electron chi connectivity index (χ0n) is 10.9. The topological polar surface area (TPSA) is 54.2 Å². The number of pyridine rings is 1. The molecule has 0 unspecified atom stereocenters. The number of nitrogens with zero attached hydrogens (tertiary/aromatic N) is 4. The lowest BCUT2D eigenvalue weighted by Crippen LogP contribution is -2.16. The first-order chi connectivity index (χ1) is 8.56. The molecule has 0 radical (unpaired) electrons. The van der Waals surface area contributed by atoms with Crippen molar-refractivity contribution in [3.8, 4) is 0 Å². The first-order valence-corrected chi connectivity index (χ1v) is 5.89. The summed E-state index contributed by atoms with van der Waals surface area (Å²) in [4.78, 5) is 6.33. The third-order valence-electron chi connectivity index (χ3n) is 2.82. The Morgan fingerprint density at radius 2 is 2.17 bits per heavy atom.